The maximum atomic E-state index is 12.4. The molecule has 0 spiro atoms. The van der Waals surface area contributed by atoms with Gasteiger partial charge in [0.25, 0.3) is 0 Å². The van der Waals surface area contributed by atoms with Gasteiger partial charge in [-0.05, 0) is 87.8 Å². The molecule has 0 saturated carbocycles. The summed E-state index contributed by atoms with van der Waals surface area (Å²) >= 11 is 0. The Bertz CT molecular complexity index is 950. The van der Waals surface area contributed by atoms with E-state index in [2.05, 4.69) is 46.3 Å². The molecule has 3 unspecified atom stereocenters. The molecular formula is C34H56O5. The summed E-state index contributed by atoms with van der Waals surface area (Å²) in [7, 11) is 1.32. The first kappa shape index (κ1) is 33.2. The highest BCUT2D eigenvalue weighted by molar-refractivity contribution is 5.79. The van der Waals surface area contributed by atoms with Crippen molar-refractivity contribution in [3.05, 3.63) is 22.3 Å². The fraction of sp³-hybridized carbons (Fsp3) is 0.765. The van der Waals surface area contributed by atoms with Gasteiger partial charge in [-0.3, -0.25) is 9.59 Å². The second kappa shape index (κ2) is 15.7. The van der Waals surface area contributed by atoms with Crippen LogP contribution >= 0.6 is 0 Å². The van der Waals surface area contributed by atoms with Crippen LogP contribution in [0.4, 0.5) is 0 Å². The smallest absolute Gasteiger partial charge is 0.311 e. The molecule has 1 aromatic rings. The normalized spacial score (nSPS) is 18.3. The van der Waals surface area contributed by atoms with Gasteiger partial charge in [0.2, 0.25) is 0 Å². The number of hydrogen-bond donors (Lipinski definition) is 0. The van der Waals surface area contributed by atoms with Gasteiger partial charge < -0.3 is 14.2 Å². The molecular weight excluding hydrogens is 488 g/mol. The van der Waals surface area contributed by atoms with E-state index in [1.54, 1.807) is 0 Å². The van der Waals surface area contributed by atoms with Crippen LogP contribution in [0.15, 0.2) is 0 Å². The quantitative estimate of drug-likeness (QED) is 0.153. The number of rotatable bonds is 16. The standard InChI is InChI=1S/C34H56O5/c1-23(2)13-10-14-24(3)15-11-16-25(4)17-12-21-34(8)22-20-29-28(7)32(26(5)27(6)33(29)39-34)38-31(36)19-18-30(35)37-9/h23-25H,10-22H2,1-9H3. The van der Waals surface area contributed by atoms with E-state index in [9.17, 15) is 9.59 Å². The first-order valence-corrected chi connectivity index (χ1v) is 15.5. The molecule has 0 aliphatic carbocycles. The lowest BCUT2D eigenvalue weighted by Crippen LogP contribution is -2.37. The monoisotopic (exact) mass is 544 g/mol. The minimum absolute atomic E-state index is 0.00596. The van der Waals surface area contributed by atoms with Crippen LogP contribution in [0.25, 0.3) is 0 Å². The minimum atomic E-state index is -0.415. The summed E-state index contributed by atoms with van der Waals surface area (Å²) in [5.41, 5.74) is 3.90. The van der Waals surface area contributed by atoms with Crippen molar-refractivity contribution in [2.24, 2.45) is 17.8 Å². The van der Waals surface area contributed by atoms with E-state index in [1.165, 1.54) is 58.5 Å². The summed E-state index contributed by atoms with van der Waals surface area (Å²) in [5.74, 6) is 3.18. The fourth-order valence-corrected chi connectivity index (χ4v) is 5.88. The first-order valence-electron chi connectivity index (χ1n) is 15.5. The average Bonchev–Trinajstić information content (AvgIpc) is 2.88. The Labute approximate surface area is 238 Å². The van der Waals surface area contributed by atoms with E-state index in [4.69, 9.17) is 9.47 Å². The topological polar surface area (TPSA) is 61.8 Å². The molecule has 3 atom stereocenters. The third kappa shape index (κ3) is 10.5. The average molecular weight is 545 g/mol. The Morgan fingerprint density at radius 1 is 0.821 bits per heavy atom. The van der Waals surface area contributed by atoms with E-state index in [1.807, 2.05) is 13.8 Å². The number of hydrogen-bond acceptors (Lipinski definition) is 5. The van der Waals surface area contributed by atoms with Crippen LogP contribution in [-0.4, -0.2) is 24.6 Å². The lowest BCUT2D eigenvalue weighted by atomic mass is 9.83. The number of carbonyl (C=O) groups is 2. The molecule has 1 aliphatic heterocycles. The Morgan fingerprint density at radius 2 is 1.38 bits per heavy atom. The van der Waals surface area contributed by atoms with E-state index >= 15 is 0 Å². The molecule has 1 aromatic carbocycles. The van der Waals surface area contributed by atoms with Gasteiger partial charge in [-0.1, -0.05) is 72.6 Å². The van der Waals surface area contributed by atoms with Crippen LogP contribution in [0.5, 0.6) is 11.5 Å². The zero-order chi connectivity index (χ0) is 29.2. The molecule has 1 heterocycles. The molecule has 39 heavy (non-hydrogen) atoms. The molecule has 0 amide bonds. The Balaban J connectivity index is 1.87. The second-order valence-corrected chi connectivity index (χ2v) is 13.0. The minimum Gasteiger partial charge on any atom is -0.487 e. The zero-order valence-corrected chi connectivity index (χ0v) is 26.5. The third-order valence-corrected chi connectivity index (χ3v) is 8.81. The third-order valence-electron chi connectivity index (χ3n) is 8.81. The van der Waals surface area contributed by atoms with E-state index in [0.717, 1.165) is 65.0 Å². The van der Waals surface area contributed by atoms with Crippen molar-refractivity contribution in [3.8, 4) is 11.5 Å². The predicted octanol–water partition coefficient (Wildman–Crippen LogP) is 8.99. The number of fused-ring (bicyclic) bond motifs is 1. The molecule has 0 fully saturated rings. The van der Waals surface area contributed by atoms with Crippen LogP contribution < -0.4 is 9.47 Å². The van der Waals surface area contributed by atoms with Crippen molar-refractivity contribution in [2.75, 3.05) is 7.11 Å². The van der Waals surface area contributed by atoms with Crippen molar-refractivity contribution >= 4 is 11.9 Å². The van der Waals surface area contributed by atoms with Gasteiger partial charge in [-0.2, -0.15) is 0 Å². The predicted molar refractivity (Wildman–Crippen MR) is 160 cm³/mol. The lowest BCUT2D eigenvalue weighted by molar-refractivity contribution is -0.144. The maximum absolute atomic E-state index is 12.4. The SMILES string of the molecule is COC(=O)CCC(=O)Oc1c(C)c(C)c2c(c1C)CCC(C)(CCCC(C)CCCC(C)CCCC(C)C)O2. The number of benzene rings is 1. The molecule has 2 rings (SSSR count). The van der Waals surface area contributed by atoms with E-state index in [0.29, 0.717) is 5.75 Å². The molecule has 0 bridgehead atoms. The number of carbonyl (C=O) groups excluding carboxylic acids is 2. The summed E-state index contributed by atoms with van der Waals surface area (Å²) in [6.45, 7) is 17.8. The molecule has 0 radical (unpaired) electrons. The van der Waals surface area contributed by atoms with Gasteiger partial charge in [0, 0.05) is 5.56 Å². The van der Waals surface area contributed by atoms with Crippen LogP contribution in [-0.2, 0) is 20.7 Å². The highest BCUT2D eigenvalue weighted by Gasteiger charge is 2.34. The van der Waals surface area contributed by atoms with Crippen molar-refractivity contribution in [3.63, 3.8) is 0 Å². The summed E-state index contributed by atoms with van der Waals surface area (Å²) < 4.78 is 17.1. The van der Waals surface area contributed by atoms with Crippen LogP contribution in [0.2, 0.25) is 0 Å². The van der Waals surface area contributed by atoms with Gasteiger partial charge >= 0.3 is 11.9 Å². The second-order valence-electron chi connectivity index (χ2n) is 13.0. The Morgan fingerprint density at radius 3 is 1.97 bits per heavy atom. The molecule has 0 saturated heterocycles. The highest BCUT2D eigenvalue weighted by Crippen LogP contribution is 2.45. The molecule has 1 aliphatic rings. The molecule has 0 aromatic heterocycles. The van der Waals surface area contributed by atoms with Crippen molar-refractivity contribution in [1.29, 1.82) is 0 Å². The zero-order valence-electron chi connectivity index (χ0n) is 26.5. The van der Waals surface area contributed by atoms with Crippen LogP contribution in [0.3, 0.4) is 0 Å². The number of ether oxygens (including phenoxy) is 3. The van der Waals surface area contributed by atoms with Crippen molar-refractivity contribution < 1.29 is 23.8 Å². The van der Waals surface area contributed by atoms with Crippen LogP contribution in [0, 0.1) is 38.5 Å². The first-order chi connectivity index (χ1) is 18.4. The summed E-state index contributed by atoms with van der Waals surface area (Å²) in [6, 6.07) is 0. The van der Waals surface area contributed by atoms with Gasteiger partial charge in [0.1, 0.15) is 17.1 Å². The highest BCUT2D eigenvalue weighted by atomic mass is 16.5. The van der Waals surface area contributed by atoms with Gasteiger partial charge in [0.15, 0.2) is 0 Å². The Kier molecular flexibility index (Phi) is 13.3. The molecule has 5 nitrogen and oxygen atoms in total. The lowest BCUT2D eigenvalue weighted by Gasteiger charge is -2.38. The fourth-order valence-electron chi connectivity index (χ4n) is 5.88. The van der Waals surface area contributed by atoms with E-state index < -0.39 is 11.9 Å². The number of methoxy groups -OCH3 is 1. The molecule has 5 heteroatoms. The van der Waals surface area contributed by atoms with Crippen molar-refractivity contribution in [1.82, 2.24) is 0 Å². The van der Waals surface area contributed by atoms with Crippen LogP contribution in [0.1, 0.15) is 134 Å². The maximum Gasteiger partial charge on any atom is 0.311 e. The summed E-state index contributed by atoms with van der Waals surface area (Å²) in [4.78, 5) is 23.8. The molecule has 0 N–H and O–H groups in total. The number of esters is 2. The molecule has 222 valence electrons. The summed E-state index contributed by atoms with van der Waals surface area (Å²) in [5, 5.41) is 0. The van der Waals surface area contributed by atoms with Crippen molar-refractivity contribution in [2.45, 2.75) is 144 Å². The Hall–Kier alpha value is -2.04. The van der Waals surface area contributed by atoms with Gasteiger partial charge in [0.05, 0.1) is 20.0 Å². The van der Waals surface area contributed by atoms with Gasteiger partial charge in [-0.15, -0.1) is 0 Å². The van der Waals surface area contributed by atoms with Gasteiger partial charge in [-0.25, -0.2) is 0 Å². The summed E-state index contributed by atoms with van der Waals surface area (Å²) in [6.07, 6.45) is 13.5. The largest absolute Gasteiger partial charge is 0.487 e. The van der Waals surface area contributed by atoms with E-state index in [-0.39, 0.29) is 18.4 Å².